The van der Waals surface area contributed by atoms with Crippen LogP contribution in [0.25, 0.3) is 6.08 Å². The van der Waals surface area contributed by atoms with E-state index in [9.17, 15) is 22.8 Å². The maximum Gasteiger partial charge on any atom is 0.573 e. The Morgan fingerprint density at radius 1 is 0.974 bits per heavy atom. The van der Waals surface area contributed by atoms with Crippen molar-refractivity contribution in [2.45, 2.75) is 32.5 Å². The van der Waals surface area contributed by atoms with Crippen molar-refractivity contribution in [1.82, 2.24) is 0 Å². The van der Waals surface area contributed by atoms with Gasteiger partial charge >= 0.3 is 6.36 Å². The van der Waals surface area contributed by atoms with Gasteiger partial charge in [-0.1, -0.05) is 87.1 Å². The highest BCUT2D eigenvalue weighted by molar-refractivity contribution is 8.14. The van der Waals surface area contributed by atoms with Crippen LogP contribution in [0.2, 0.25) is 0 Å². The Kier molecular flexibility index (Phi) is 8.15. The molecule has 6 nitrogen and oxygen atoms in total. The Morgan fingerprint density at radius 3 is 2.26 bits per heavy atom. The van der Waals surface area contributed by atoms with Crippen molar-refractivity contribution in [2.24, 2.45) is 4.99 Å². The average molecular weight is 554 g/mol. The van der Waals surface area contributed by atoms with Crippen LogP contribution in [-0.4, -0.2) is 29.1 Å². The number of para-hydroxylation sites is 3. The van der Waals surface area contributed by atoms with E-state index in [0.29, 0.717) is 5.69 Å². The number of nitrogens with one attached hydrogen (secondary N) is 1. The van der Waals surface area contributed by atoms with Crippen molar-refractivity contribution < 1.29 is 27.5 Å². The first-order valence-electron chi connectivity index (χ1n) is 12.0. The molecular weight excluding hydrogens is 527 g/mol. The van der Waals surface area contributed by atoms with Crippen molar-refractivity contribution in [1.29, 1.82) is 0 Å². The number of amidine groups is 1. The van der Waals surface area contributed by atoms with Gasteiger partial charge in [-0.3, -0.25) is 14.5 Å². The number of carbonyl (C=O) groups is 2. The molecule has 1 heterocycles. The highest BCUT2D eigenvalue weighted by Crippen LogP contribution is 2.32. The van der Waals surface area contributed by atoms with Gasteiger partial charge < -0.3 is 10.1 Å². The number of halogens is 3. The third-order valence-corrected chi connectivity index (χ3v) is 6.58. The summed E-state index contributed by atoms with van der Waals surface area (Å²) in [4.78, 5) is 31.9. The van der Waals surface area contributed by atoms with Crippen LogP contribution in [0.4, 0.5) is 24.5 Å². The van der Waals surface area contributed by atoms with Gasteiger partial charge in [0.15, 0.2) is 10.9 Å². The number of thioether (sulfide) groups is 1. The number of hydrogen-bond acceptors (Lipinski definition) is 5. The van der Waals surface area contributed by atoms with Gasteiger partial charge in [-0.05, 0) is 46.9 Å². The van der Waals surface area contributed by atoms with E-state index < -0.39 is 18.0 Å². The fourth-order valence-corrected chi connectivity index (χ4v) is 4.55. The summed E-state index contributed by atoms with van der Waals surface area (Å²) in [6.45, 7) is 6.35. The summed E-state index contributed by atoms with van der Waals surface area (Å²) >= 11 is 0.996. The van der Waals surface area contributed by atoms with E-state index in [0.717, 1.165) is 29.0 Å². The maximum absolute atomic E-state index is 13.4. The molecule has 0 bridgehead atoms. The molecule has 1 aliphatic heterocycles. The maximum atomic E-state index is 13.4. The van der Waals surface area contributed by atoms with Crippen molar-refractivity contribution in [3.63, 3.8) is 0 Å². The van der Waals surface area contributed by atoms with E-state index in [1.54, 1.807) is 30.3 Å². The molecule has 202 valence electrons. The van der Waals surface area contributed by atoms with E-state index >= 15 is 0 Å². The van der Waals surface area contributed by atoms with Gasteiger partial charge in [0, 0.05) is 0 Å². The molecule has 10 heteroatoms. The van der Waals surface area contributed by atoms with Crippen LogP contribution in [0.3, 0.4) is 0 Å². The third-order valence-electron chi connectivity index (χ3n) is 5.64. The van der Waals surface area contributed by atoms with Gasteiger partial charge in [-0.2, -0.15) is 0 Å². The van der Waals surface area contributed by atoms with Crippen molar-refractivity contribution in [2.75, 3.05) is 16.0 Å². The molecule has 3 aromatic rings. The fourth-order valence-electron chi connectivity index (χ4n) is 3.74. The number of alkyl halides is 3. The molecular formula is C29H26F3N3O3S. The largest absolute Gasteiger partial charge is 0.573 e. The molecule has 3 aromatic carbocycles. The summed E-state index contributed by atoms with van der Waals surface area (Å²) in [5, 5.41) is 2.71. The molecule has 1 N–H and O–H groups in total. The molecule has 0 fully saturated rings. The summed E-state index contributed by atoms with van der Waals surface area (Å²) in [6, 6.07) is 22.0. The van der Waals surface area contributed by atoms with Crippen LogP contribution >= 0.6 is 11.8 Å². The zero-order valence-corrected chi connectivity index (χ0v) is 22.3. The lowest BCUT2D eigenvalue weighted by Crippen LogP contribution is -2.31. The topological polar surface area (TPSA) is 71.0 Å². The minimum absolute atomic E-state index is 0.0130. The first-order valence-corrected chi connectivity index (χ1v) is 13.0. The number of amides is 2. The molecule has 0 atom stereocenters. The van der Waals surface area contributed by atoms with E-state index in [2.05, 4.69) is 35.8 Å². The number of aliphatic imine (C=N–C) groups is 1. The second kappa shape index (κ2) is 11.4. The molecule has 0 radical (unpaired) electrons. The smallest absolute Gasteiger partial charge is 0.404 e. The van der Waals surface area contributed by atoms with Crippen LogP contribution in [-0.2, 0) is 15.0 Å². The summed E-state index contributed by atoms with van der Waals surface area (Å²) < 4.78 is 42.1. The van der Waals surface area contributed by atoms with Crippen molar-refractivity contribution in [3.05, 3.63) is 95.7 Å². The highest BCUT2D eigenvalue weighted by Gasteiger charge is 2.33. The summed E-state index contributed by atoms with van der Waals surface area (Å²) in [5.74, 6) is -1.67. The predicted molar refractivity (Wildman–Crippen MR) is 149 cm³/mol. The van der Waals surface area contributed by atoms with Gasteiger partial charge in [0.1, 0.15) is 5.70 Å². The van der Waals surface area contributed by atoms with E-state index in [-0.39, 0.29) is 33.6 Å². The lowest BCUT2D eigenvalue weighted by molar-refractivity contribution is -0.274. The predicted octanol–water partition coefficient (Wildman–Crippen LogP) is 7.00. The van der Waals surface area contributed by atoms with Gasteiger partial charge in [0.2, 0.25) is 5.91 Å². The van der Waals surface area contributed by atoms with E-state index in [1.165, 1.54) is 23.1 Å². The molecule has 39 heavy (non-hydrogen) atoms. The molecule has 0 saturated carbocycles. The number of nitrogens with zero attached hydrogens (tertiary/aromatic N) is 2. The van der Waals surface area contributed by atoms with Crippen LogP contribution in [0.15, 0.2) is 89.6 Å². The summed E-state index contributed by atoms with van der Waals surface area (Å²) in [5.41, 5.74) is 2.60. The normalized spacial score (nSPS) is 14.9. The Labute approximate surface area is 228 Å². The van der Waals surface area contributed by atoms with Crippen LogP contribution in [0.5, 0.6) is 5.75 Å². The van der Waals surface area contributed by atoms with Crippen LogP contribution < -0.4 is 15.0 Å². The Morgan fingerprint density at radius 2 is 1.62 bits per heavy atom. The first kappa shape index (κ1) is 28.0. The second-order valence-electron chi connectivity index (χ2n) is 9.65. The molecule has 1 aliphatic rings. The lowest BCUT2D eigenvalue weighted by Gasteiger charge is -2.19. The molecule has 0 saturated heterocycles. The van der Waals surface area contributed by atoms with Gasteiger partial charge in [-0.15, -0.1) is 13.2 Å². The zero-order chi connectivity index (χ0) is 28.2. The minimum atomic E-state index is -4.90. The molecule has 0 aliphatic carbocycles. The molecule has 0 spiro atoms. The lowest BCUT2D eigenvalue weighted by atomic mass is 9.87. The number of carbonyl (C=O) groups excluding carboxylic acids is 2. The Balaban J connectivity index is 1.54. The number of hydrogen-bond donors (Lipinski definition) is 1. The molecule has 0 aromatic heterocycles. The number of rotatable bonds is 6. The summed E-state index contributed by atoms with van der Waals surface area (Å²) in [6.07, 6.45) is -3.22. The SMILES string of the molecule is CC(C)(C)c1ccc(C=C2N=C(SCC(=O)Nc3ccccc3OC(F)(F)F)N(c3ccccc3)C2=O)cc1. The van der Waals surface area contributed by atoms with E-state index in [1.807, 2.05) is 30.3 Å². The standard InChI is InChI=1S/C29H26F3N3O3S/c1-28(2,3)20-15-13-19(14-16-20)17-23-26(37)35(21-9-5-4-6-10-21)27(34-23)39-18-25(36)33-22-11-7-8-12-24(22)38-29(30,31)32/h4-17H,18H2,1-3H3,(H,33,36). The monoisotopic (exact) mass is 553 g/mol. The van der Waals surface area contributed by atoms with Crippen molar-refractivity contribution in [3.8, 4) is 5.75 Å². The zero-order valence-electron chi connectivity index (χ0n) is 21.5. The molecule has 2 amide bonds. The Bertz CT molecular complexity index is 1410. The third kappa shape index (κ3) is 7.29. The number of benzene rings is 3. The average Bonchev–Trinajstić information content (AvgIpc) is 3.18. The van der Waals surface area contributed by atoms with Crippen LogP contribution in [0, 0.1) is 0 Å². The molecule has 4 rings (SSSR count). The van der Waals surface area contributed by atoms with Gasteiger partial charge in [-0.25, -0.2) is 4.99 Å². The minimum Gasteiger partial charge on any atom is -0.404 e. The highest BCUT2D eigenvalue weighted by atomic mass is 32.2. The first-order chi connectivity index (χ1) is 18.4. The number of anilines is 2. The molecule has 0 unspecified atom stereocenters. The quantitative estimate of drug-likeness (QED) is 0.334. The number of ether oxygens (including phenoxy) is 1. The van der Waals surface area contributed by atoms with Crippen LogP contribution in [0.1, 0.15) is 31.9 Å². The van der Waals surface area contributed by atoms with Gasteiger partial charge in [0.25, 0.3) is 5.91 Å². The summed E-state index contributed by atoms with van der Waals surface area (Å²) in [7, 11) is 0. The Hall–Kier alpha value is -4.05. The van der Waals surface area contributed by atoms with Gasteiger partial charge in [0.05, 0.1) is 17.1 Å². The van der Waals surface area contributed by atoms with Crippen molar-refractivity contribution >= 4 is 46.2 Å². The fraction of sp³-hybridized carbons (Fsp3) is 0.207. The van der Waals surface area contributed by atoms with E-state index in [4.69, 9.17) is 0 Å². The second-order valence-corrected chi connectivity index (χ2v) is 10.6.